The van der Waals surface area contributed by atoms with E-state index >= 15 is 0 Å². The van der Waals surface area contributed by atoms with E-state index in [2.05, 4.69) is 14.8 Å². The van der Waals surface area contributed by atoms with Gasteiger partial charge in [-0.05, 0) is 55.3 Å². The average Bonchev–Trinajstić information content (AvgIpc) is 2.97. The Hall–Kier alpha value is -3.77. The van der Waals surface area contributed by atoms with Crippen LogP contribution in [0.1, 0.15) is 22.8 Å². The maximum atomic E-state index is 13.6. The number of sulfonamides is 1. The van der Waals surface area contributed by atoms with Gasteiger partial charge in [0.15, 0.2) is 0 Å². The number of hydrogen-bond donors (Lipinski definition) is 2. The molecule has 0 saturated heterocycles. The number of hydrogen-bond acceptors (Lipinski definition) is 8. The lowest BCUT2D eigenvalue weighted by atomic mass is 10.0. The minimum atomic E-state index is -4.06. The van der Waals surface area contributed by atoms with Crippen molar-refractivity contribution in [1.29, 1.82) is 0 Å². The molecular formula is C28H33N3O7S. The number of carbonyl (C=O) groups excluding carboxylic acids is 2. The summed E-state index contributed by atoms with van der Waals surface area (Å²) in [6, 6.07) is 21.8. The predicted molar refractivity (Wildman–Crippen MR) is 147 cm³/mol. The van der Waals surface area contributed by atoms with Gasteiger partial charge in [-0.2, -0.15) is 4.72 Å². The molecule has 0 spiro atoms. The Morgan fingerprint density at radius 2 is 1.56 bits per heavy atom. The van der Waals surface area contributed by atoms with Crippen LogP contribution >= 0.6 is 0 Å². The lowest BCUT2D eigenvalue weighted by Crippen LogP contribution is -2.49. The monoisotopic (exact) mass is 555 g/mol. The molecule has 0 radical (unpaired) electrons. The van der Waals surface area contributed by atoms with Crippen LogP contribution in [0.3, 0.4) is 0 Å². The molecule has 1 amide bonds. The number of nitrogens with one attached hydrogen (secondary N) is 2. The highest BCUT2D eigenvalue weighted by molar-refractivity contribution is 7.89. The van der Waals surface area contributed by atoms with Crippen molar-refractivity contribution in [2.24, 2.45) is 0 Å². The first-order valence-corrected chi connectivity index (χ1v) is 13.8. The van der Waals surface area contributed by atoms with Crippen LogP contribution in [0.5, 0.6) is 5.75 Å². The number of anilines is 1. The molecule has 0 aliphatic heterocycles. The van der Waals surface area contributed by atoms with Crippen molar-refractivity contribution in [1.82, 2.24) is 10.0 Å². The van der Waals surface area contributed by atoms with Crippen LogP contribution in [0, 0.1) is 0 Å². The minimum Gasteiger partial charge on any atom is -0.497 e. The van der Waals surface area contributed by atoms with Gasteiger partial charge in [0.2, 0.25) is 15.9 Å². The molecule has 39 heavy (non-hydrogen) atoms. The van der Waals surface area contributed by atoms with E-state index in [-0.39, 0.29) is 29.8 Å². The summed E-state index contributed by atoms with van der Waals surface area (Å²) in [5.41, 5.74) is 1.59. The Morgan fingerprint density at radius 3 is 2.21 bits per heavy atom. The van der Waals surface area contributed by atoms with Crippen molar-refractivity contribution < 1.29 is 32.2 Å². The van der Waals surface area contributed by atoms with Crippen molar-refractivity contribution in [3.05, 3.63) is 90.0 Å². The van der Waals surface area contributed by atoms with E-state index in [1.807, 2.05) is 49.4 Å². The molecule has 0 saturated carbocycles. The number of ether oxygens (including phenoxy) is 3. The number of likely N-dealkylation sites (N-methyl/N-ethyl adjacent to an activating group) is 1. The molecule has 1 atom stereocenters. The molecule has 10 nitrogen and oxygen atoms in total. The topological polar surface area (TPSA) is 123 Å². The minimum absolute atomic E-state index is 0.0858. The molecule has 3 aromatic carbocycles. The molecule has 11 heteroatoms. The third kappa shape index (κ3) is 8.11. The standard InChI is InChI=1S/C28H33N3O7S/c1-4-31(22-14-16-23(36-2)17-15-22)27(32)25(18-21-10-6-5-7-11-21)29-19-38-20-30-39(34,35)26-13-9-8-12-24(26)28(33)37-3/h5-17,25,29-30H,4,18-20H2,1-3H3. The van der Waals surface area contributed by atoms with E-state index in [1.54, 1.807) is 30.2 Å². The van der Waals surface area contributed by atoms with Crippen LogP contribution in [0.4, 0.5) is 5.69 Å². The molecule has 0 aliphatic rings. The van der Waals surface area contributed by atoms with E-state index in [4.69, 9.17) is 9.47 Å². The summed E-state index contributed by atoms with van der Waals surface area (Å²) in [5.74, 6) is -0.243. The average molecular weight is 556 g/mol. The number of esters is 1. The summed E-state index contributed by atoms with van der Waals surface area (Å²) < 4.78 is 43.2. The zero-order chi connectivity index (χ0) is 28.3. The summed E-state index contributed by atoms with van der Waals surface area (Å²) in [6.07, 6.45) is 0.397. The Bertz CT molecular complexity index is 1330. The molecular weight excluding hydrogens is 522 g/mol. The van der Waals surface area contributed by atoms with Crippen LogP contribution in [0.2, 0.25) is 0 Å². The first kappa shape index (κ1) is 29.8. The highest BCUT2D eigenvalue weighted by Crippen LogP contribution is 2.21. The van der Waals surface area contributed by atoms with Gasteiger partial charge < -0.3 is 19.1 Å². The van der Waals surface area contributed by atoms with Crippen molar-refractivity contribution in [3.63, 3.8) is 0 Å². The SMILES string of the molecule is CCN(C(=O)C(Cc1ccccc1)NCOCNS(=O)(=O)c1ccccc1C(=O)OC)c1ccc(OC)cc1. The molecule has 0 bridgehead atoms. The number of methoxy groups -OCH3 is 2. The van der Waals surface area contributed by atoms with Gasteiger partial charge in [-0.25, -0.2) is 13.2 Å². The molecule has 0 aromatic heterocycles. The Morgan fingerprint density at radius 1 is 0.897 bits per heavy atom. The fourth-order valence-electron chi connectivity index (χ4n) is 3.90. The maximum absolute atomic E-state index is 13.6. The normalized spacial score (nSPS) is 12.0. The second-order valence-corrected chi connectivity index (χ2v) is 10.1. The molecule has 3 aromatic rings. The van der Waals surface area contributed by atoms with Crippen molar-refractivity contribution in [2.75, 3.05) is 39.1 Å². The largest absolute Gasteiger partial charge is 0.497 e. The molecule has 1 unspecified atom stereocenters. The lowest BCUT2D eigenvalue weighted by Gasteiger charge is -2.27. The van der Waals surface area contributed by atoms with Gasteiger partial charge in [0.25, 0.3) is 0 Å². The van der Waals surface area contributed by atoms with Gasteiger partial charge in [-0.3, -0.25) is 10.1 Å². The maximum Gasteiger partial charge on any atom is 0.339 e. The van der Waals surface area contributed by atoms with E-state index in [0.29, 0.717) is 18.7 Å². The third-order valence-corrected chi connectivity index (χ3v) is 7.34. The quantitative estimate of drug-likeness (QED) is 0.177. The summed E-state index contributed by atoms with van der Waals surface area (Å²) >= 11 is 0. The van der Waals surface area contributed by atoms with E-state index in [9.17, 15) is 18.0 Å². The smallest absolute Gasteiger partial charge is 0.339 e. The van der Waals surface area contributed by atoms with Gasteiger partial charge in [-0.15, -0.1) is 0 Å². The lowest BCUT2D eigenvalue weighted by molar-refractivity contribution is -0.121. The fraction of sp³-hybridized carbons (Fsp3) is 0.286. The Kier molecular flexibility index (Phi) is 11.0. The summed E-state index contributed by atoms with van der Waals surface area (Å²) in [4.78, 5) is 27.0. The highest BCUT2D eigenvalue weighted by Gasteiger charge is 2.25. The first-order valence-electron chi connectivity index (χ1n) is 12.3. The van der Waals surface area contributed by atoms with E-state index < -0.39 is 22.0 Å². The molecule has 3 rings (SSSR count). The van der Waals surface area contributed by atoms with Gasteiger partial charge >= 0.3 is 5.97 Å². The van der Waals surface area contributed by atoms with E-state index in [0.717, 1.165) is 11.3 Å². The van der Waals surface area contributed by atoms with Crippen LogP contribution < -0.4 is 19.7 Å². The van der Waals surface area contributed by atoms with Crippen molar-refractivity contribution in [3.8, 4) is 5.75 Å². The summed E-state index contributed by atoms with van der Waals surface area (Å²) in [5, 5.41) is 3.09. The third-order valence-electron chi connectivity index (χ3n) is 5.91. The van der Waals surface area contributed by atoms with Crippen molar-refractivity contribution in [2.45, 2.75) is 24.3 Å². The molecule has 208 valence electrons. The Balaban J connectivity index is 1.66. The van der Waals surface area contributed by atoms with Crippen molar-refractivity contribution >= 4 is 27.6 Å². The van der Waals surface area contributed by atoms with Gasteiger partial charge in [0, 0.05) is 12.2 Å². The predicted octanol–water partition coefficient (Wildman–Crippen LogP) is 2.95. The molecule has 0 heterocycles. The zero-order valence-electron chi connectivity index (χ0n) is 22.1. The molecule has 0 fully saturated rings. The zero-order valence-corrected chi connectivity index (χ0v) is 22.9. The second-order valence-electron chi connectivity index (χ2n) is 8.36. The fourth-order valence-corrected chi connectivity index (χ4v) is 4.99. The number of benzene rings is 3. The molecule has 0 aliphatic carbocycles. The second kappa shape index (κ2) is 14.4. The molecule has 2 N–H and O–H groups in total. The van der Waals surface area contributed by atoms with Crippen LogP contribution in [-0.2, 0) is 30.7 Å². The number of carbonyl (C=O) groups is 2. The van der Waals surface area contributed by atoms with Crippen LogP contribution in [0.25, 0.3) is 0 Å². The summed E-state index contributed by atoms with van der Waals surface area (Å²) in [7, 11) is -1.30. The first-order chi connectivity index (χ1) is 18.8. The highest BCUT2D eigenvalue weighted by atomic mass is 32.2. The number of nitrogens with zero attached hydrogens (tertiary/aromatic N) is 1. The summed E-state index contributed by atoms with van der Waals surface area (Å²) in [6.45, 7) is 1.84. The number of rotatable bonds is 14. The van der Waals surface area contributed by atoms with Crippen LogP contribution in [-0.4, -0.2) is 60.6 Å². The van der Waals surface area contributed by atoms with Gasteiger partial charge in [-0.1, -0.05) is 42.5 Å². The van der Waals surface area contributed by atoms with Crippen LogP contribution in [0.15, 0.2) is 83.8 Å². The van der Waals surface area contributed by atoms with E-state index in [1.165, 1.54) is 25.3 Å². The van der Waals surface area contributed by atoms with Gasteiger partial charge in [0.05, 0.1) is 37.5 Å². The Labute approximate surface area is 228 Å². The van der Waals surface area contributed by atoms with Gasteiger partial charge in [0.1, 0.15) is 12.5 Å². The number of amides is 1.